The van der Waals surface area contributed by atoms with E-state index in [2.05, 4.69) is 59.4 Å². The number of rotatable bonds is 2. The number of allylic oxidation sites excluding steroid dienone is 1. The van der Waals surface area contributed by atoms with Crippen LogP contribution in [0.15, 0.2) is 17.9 Å². The Kier molecular flexibility index (Phi) is 4.50. The molecular formula is C13H24. The third kappa shape index (κ3) is 11.5. The predicted octanol–water partition coefficient (Wildman–Crippen LogP) is 4.57. The van der Waals surface area contributed by atoms with Gasteiger partial charge in [-0.25, -0.2) is 0 Å². The quantitative estimate of drug-likeness (QED) is 0.546. The SMILES string of the molecule is CC(C)(C)CC=C=CCC(C)(C)C. The highest BCUT2D eigenvalue weighted by Gasteiger charge is 2.07. The van der Waals surface area contributed by atoms with E-state index in [-0.39, 0.29) is 0 Å². The fourth-order valence-electron chi connectivity index (χ4n) is 0.814. The summed E-state index contributed by atoms with van der Waals surface area (Å²) in [6.07, 6.45) is 6.50. The largest absolute Gasteiger partial charge is 0.130 e. The van der Waals surface area contributed by atoms with Gasteiger partial charge in [0.05, 0.1) is 0 Å². The summed E-state index contributed by atoms with van der Waals surface area (Å²) in [5, 5.41) is 0. The lowest BCUT2D eigenvalue weighted by atomic mass is 9.91. The molecule has 0 aromatic carbocycles. The molecule has 0 rings (SSSR count). The Morgan fingerprint density at radius 2 is 1.08 bits per heavy atom. The molecular weight excluding hydrogens is 156 g/mol. The molecule has 0 aromatic heterocycles. The van der Waals surface area contributed by atoms with E-state index in [4.69, 9.17) is 0 Å². The van der Waals surface area contributed by atoms with Gasteiger partial charge in [0.15, 0.2) is 0 Å². The van der Waals surface area contributed by atoms with E-state index in [0.717, 1.165) is 12.8 Å². The highest BCUT2D eigenvalue weighted by molar-refractivity contribution is 4.89. The van der Waals surface area contributed by atoms with Crippen molar-refractivity contribution in [1.29, 1.82) is 0 Å². The van der Waals surface area contributed by atoms with Gasteiger partial charge < -0.3 is 0 Å². The zero-order chi connectivity index (χ0) is 10.5. The fraction of sp³-hybridized carbons (Fsp3) is 0.769. The first-order valence-electron chi connectivity index (χ1n) is 5.10. The molecule has 0 spiro atoms. The van der Waals surface area contributed by atoms with Gasteiger partial charge in [-0.2, -0.15) is 0 Å². The Bertz CT molecular complexity index is 169. The van der Waals surface area contributed by atoms with E-state index in [1.807, 2.05) is 0 Å². The molecule has 0 nitrogen and oxygen atoms in total. The summed E-state index contributed by atoms with van der Waals surface area (Å²) >= 11 is 0. The van der Waals surface area contributed by atoms with Gasteiger partial charge in [0.25, 0.3) is 0 Å². The first kappa shape index (κ1) is 12.5. The predicted molar refractivity (Wildman–Crippen MR) is 60.8 cm³/mol. The highest BCUT2D eigenvalue weighted by atomic mass is 14.1. The minimum Gasteiger partial charge on any atom is -0.130 e. The summed E-state index contributed by atoms with van der Waals surface area (Å²) in [7, 11) is 0. The molecule has 0 aliphatic heterocycles. The van der Waals surface area contributed by atoms with E-state index in [9.17, 15) is 0 Å². The van der Waals surface area contributed by atoms with Crippen LogP contribution >= 0.6 is 0 Å². The lowest BCUT2D eigenvalue weighted by molar-refractivity contribution is 0.418. The van der Waals surface area contributed by atoms with Crippen molar-refractivity contribution in [3.8, 4) is 0 Å². The van der Waals surface area contributed by atoms with Crippen LogP contribution in [0.5, 0.6) is 0 Å². The zero-order valence-corrected chi connectivity index (χ0v) is 10.1. The maximum Gasteiger partial charge on any atom is -0.0225 e. The van der Waals surface area contributed by atoms with Crippen LogP contribution < -0.4 is 0 Å². The smallest absolute Gasteiger partial charge is 0.0225 e. The topological polar surface area (TPSA) is 0 Å². The molecule has 0 saturated heterocycles. The van der Waals surface area contributed by atoms with Crippen LogP contribution in [0, 0.1) is 10.8 Å². The summed E-state index contributed by atoms with van der Waals surface area (Å²) in [6.45, 7) is 13.5. The number of hydrogen-bond donors (Lipinski definition) is 0. The molecule has 0 aromatic rings. The molecule has 13 heavy (non-hydrogen) atoms. The molecule has 0 heteroatoms. The van der Waals surface area contributed by atoms with Crippen molar-refractivity contribution in [2.45, 2.75) is 54.4 Å². The van der Waals surface area contributed by atoms with Gasteiger partial charge in [-0.15, -0.1) is 5.73 Å². The van der Waals surface area contributed by atoms with E-state index in [1.165, 1.54) is 0 Å². The molecule has 0 bridgehead atoms. The van der Waals surface area contributed by atoms with Crippen LogP contribution in [0.1, 0.15) is 54.4 Å². The van der Waals surface area contributed by atoms with Gasteiger partial charge in [-0.3, -0.25) is 0 Å². The van der Waals surface area contributed by atoms with Crippen LogP contribution in [0.4, 0.5) is 0 Å². The molecule has 0 aliphatic carbocycles. The maximum absolute atomic E-state index is 3.25. The molecule has 0 fully saturated rings. The Morgan fingerprint density at radius 1 is 0.769 bits per heavy atom. The van der Waals surface area contributed by atoms with Crippen molar-refractivity contribution in [3.05, 3.63) is 17.9 Å². The first-order valence-corrected chi connectivity index (χ1v) is 5.10. The summed E-state index contributed by atoms with van der Waals surface area (Å²) in [5.74, 6) is 0. The maximum atomic E-state index is 3.25. The second-order valence-electron chi connectivity index (χ2n) is 6.10. The average Bonchev–Trinajstić information content (AvgIpc) is 1.81. The first-order chi connectivity index (χ1) is 5.71. The van der Waals surface area contributed by atoms with E-state index < -0.39 is 0 Å². The lowest BCUT2D eigenvalue weighted by Gasteiger charge is -2.14. The van der Waals surface area contributed by atoms with Crippen molar-refractivity contribution in [1.82, 2.24) is 0 Å². The average molecular weight is 180 g/mol. The van der Waals surface area contributed by atoms with Crippen LogP contribution in [0.25, 0.3) is 0 Å². The Morgan fingerprint density at radius 3 is 1.31 bits per heavy atom. The van der Waals surface area contributed by atoms with Crippen molar-refractivity contribution >= 4 is 0 Å². The van der Waals surface area contributed by atoms with Crippen molar-refractivity contribution < 1.29 is 0 Å². The Labute approximate surface area is 83.7 Å². The van der Waals surface area contributed by atoms with Gasteiger partial charge in [0.2, 0.25) is 0 Å². The van der Waals surface area contributed by atoms with Gasteiger partial charge in [-0.1, -0.05) is 41.5 Å². The summed E-state index contributed by atoms with van der Waals surface area (Å²) < 4.78 is 0. The normalized spacial score (nSPS) is 12.2. The van der Waals surface area contributed by atoms with Crippen molar-refractivity contribution in [2.24, 2.45) is 10.8 Å². The second kappa shape index (κ2) is 4.67. The van der Waals surface area contributed by atoms with Crippen molar-refractivity contribution in [2.75, 3.05) is 0 Å². The Hall–Kier alpha value is -0.480. The summed E-state index contributed by atoms with van der Waals surface area (Å²) in [6, 6.07) is 0. The standard InChI is InChI=1S/C13H24/c1-12(2,3)10-8-7-9-11-13(4,5)6/h8-9H,10-11H2,1-6H3. The molecule has 0 aliphatic rings. The molecule has 76 valence electrons. The van der Waals surface area contributed by atoms with Gasteiger partial charge in [-0.05, 0) is 35.8 Å². The minimum atomic E-state index is 0.391. The molecule has 0 atom stereocenters. The Balaban J connectivity index is 3.86. The number of hydrogen-bond acceptors (Lipinski definition) is 0. The van der Waals surface area contributed by atoms with Crippen LogP contribution in [-0.2, 0) is 0 Å². The van der Waals surface area contributed by atoms with Gasteiger partial charge in [0.1, 0.15) is 0 Å². The lowest BCUT2D eigenvalue weighted by Crippen LogP contribution is -2.02. The van der Waals surface area contributed by atoms with E-state index in [0.29, 0.717) is 10.8 Å². The fourth-order valence-corrected chi connectivity index (χ4v) is 0.814. The van der Waals surface area contributed by atoms with E-state index >= 15 is 0 Å². The van der Waals surface area contributed by atoms with Crippen molar-refractivity contribution in [3.63, 3.8) is 0 Å². The van der Waals surface area contributed by atoms with E-state index in [1.54, 1.807) is 0 Å². The minimum absolute atomic E-state index is 0.391. The zero-order valence-electron chi connectivity index (χ0n) is 10.1. The summed E-state index contributed by atoms with van der Waals surface area (Å²) in [4.78, 5) is 0. The monoisotopic (exact) mass is 180 g/mol. The molecule has 0 unspecified atom stereocenters. The molecule has 0 N–H and O–H groups in total. The molecule has 0 heterocycles. The van der Waals surface area contributed by atoms with Crippen LogP contribution in [-0.4, -0.2) is 0 Å². The van der Waals surface area contributed by atoms with Crippen LogP contribution in [0.2, 0.25) is 0 Å². The molecule has 0 radical (unpaired) electrons. The molecule has 0 saturated carbocycles. The third-order valence-electron chi connectivity index (χ3n) is 1.66. The second-order valence-corrected chi connectivity index (χ2v) is 6.10. The highest BCUT2D eigenvalue weighted by Crippen LogP contribution is 2.20. The van der Waals surface area contributed by atoms with Gasteiger partial charge in [0, 0.05) is 0 Å². The van der Waals surface area contributed by atoms with Gasteiger partial charge >= 0.3 is 0 Å². The third-order valence-corrected chi connectivity index (χ3v) is 1.66. The summed E-state index contributed by atoms with van der Waals surface area (Å²) in [5.41, 5.74) is 4.03. The van der Waals surface area contributed by atoms with Crippen LogP contribution in [0.3, 0.4) is 0 Å². The molecule has 0 amide bonds.